The minimum absolute atomic E-state index is 0.355. The van der Waals surface area contributed by atoms with Gasteiger partial charge in [-0.2, -0.15) is 0 Å². The second-order valence-electron chi connectivity index (χ2n) is 7.35. The van der Waals surface area contributed by atoms with Gasteiger partial charge in [0.25, 0.3) is 0 Å². The maximum atomic E-state index is 10.7. The Bertz CT molecular complexity index is 340. The van der Waals surface area contributed by atoms with Crippen molar-refractivity contribution in [1.29, 1.82) is 0 Å². The first-order chi connectivity index (χ1) is 9.72. The SMILES string of the molecule is O=C(O)CCC1CCCN(C2CCCC(C3CC3)C2)C1. The predicted octanol–water partition coefficient (Wildman–Crippen LogP) is 3.53. The lowest BCUT2D eigenvalue weighted by Gasteiger charge is -2.42. The van der Waals surface area contributed by atoms with Crippen molar-refractivity contribution >= 4 is 5.97 Å². The molecule has 0 aromatic rings. The molecule has 1 aliphatic heterocycles. The summed E-state index contributed by atoms with van der Waals surface area (Å²) in [5.41, 5.74) is 0. The van der Waals surface area contributed by atoms with E-state index in [0.29, 0.717) is 12.3 Å². The highest BCUT2D eigenvalue weighted by Gasteiger charge is 2.37. The Labute approximate surface area is 122 Å². The molecule has 0 bridgehead atoms. The van der Waals surface area contributed by atoms with Gasteiger partial charge < -0.3 is 10.0 Å². The fourth-order valence-electron chi connectivity index (χ4n) is 4.52. The molecule has 3 nitrogen and oxygen atoms in total. The summed E-state index contributed by atoms with van der Waals surface area (Å²) in [6, 6.07) is 0.807. The number of carboxylic acid groups (broad SMARTS) is 1. The molecule has 2 saturated carbocycles. The number of likely N-dealkylation sites (tertiary alicyclic amines) is 1. The van der Waals surface area contributed by atoms with E-state index >= 15 is 0 Å². The second kappa shape index (κ2) is 6.46. The van der Waals surface area contributed by atoms with Crippen molar-refractivity contribution in [2.45, 2.75) is 70.3 Å². The molecule has 0 spiro atoms. The van der Waals surface area contributed by atoms with Gasteiger partial charge in [-0.15, -0.1) is 0 Å². The van der Waals surface area contributed by atoms with E-state index in [1.165, 1.54) is 57.9 Å². The number of aliphatic carboxylic acids is 1. The number of carboxylic acids is 1. The number of carbonyl (C=O) groups is 1. The van der Waals surface area contributed by atoms with Crippen LogP contribution >= 0.6 is 0 Å². The highest BCUT2D eigenvalue weighted by atomic mass is 16.4. The van der Waals surface area contributed by atoms with Gasteiger partial charge >= 0.3 is 5.97 Å². The quantitative estimate of drug-likeness (QED) is 0.837. The lowest BCUT2D eigenvalue weighted by molar-refractivity contribution is -0.137. The lowest BCUT2D eigenvalue weighted by Crippen LogP contribution is -2.45. The van der Waals surface area contributed by atoms with Gasteiger partial charge in [-0.05, 0) is 69.2 Å². The van der Waals surface area contributed by atoms with E-state index in [0.717, 1.165) is 30.8 Å². The summed E-state index contributed by atoms with van der Waals surface area (Å²) in [4.78, 5) is 13.4. The molecule has 3 atom stereocenters. The van der Waals surface area contributed by atoms with Crippen molar-refractivity contribution in [3.63, 3.8) is 0 Å². The highest BCUT2D eigenvalue weighted by Crippen LogP contribution is 2.45. The van der Waals surface area contributed by atoms with Gasteiger partial charge in [0.1, 0.15) is 0 Å². The third kappa shape index (κ3) is 3.75. The van der Waals surface area contributed by atoms with E-state index in [9.17, 15) is 4.79 Å². The summed E-state index contributed by atoms with van der Waals surface area (Å²) >= 11 is 0. The van der Waals surface area contributed by atoms with Gasteiger partial charge in [-0.1, -0.05) is 12.8 Å². The van der Waals surface area contributed by atoms with Crippen LogP contribution in [0.15, 0.2) is 0 Å². The molecule has 1 heterocycles. The van der Waals surface area contributed by atoms with Crippen LogP contribution in [-0.2, 0) is 4.79 Å². The molecule has 114 valence electrons. The lowest BCUT2D eigenvalue weighted by atomic mass is 9.81. The zero-order chi connectivity index (χ0) is 13.9. The average Bonchev–Trinajstić information content (AvgIpc) is 3.30. The largest absolute Gasteiger partial charge is 0.481 e. The highest BCUT2D eigenvalue weighted by molar-refractivity contribution is 5.66. The smallest absolute Gasteiger partial charge is 0.303 e. The molecule has 3 rings (SSSR count). The van der Waals surface area contributed by atoms with E-state index in [2.05, 4.69) is 4.90 Å². The zero-order valence-corrected chi connectivity index (χ0v) is 12.6. The molecule has 3 heteroatoms. The van der Waals surface area contributed by atoms with Crippen molar-refractivity contribution in [3.05, 3.63) is 0 Å². The van der Waals surface area contributed by atoms with Crippen molar-refractivity contribution in [2.75, 3.05) is 13.1 Å². The monoisotopic (exact) mass is 279 g/mol. The summed E-state index contributed by atoms with van der Waals surface area (Å²) in [7, 11) is 0. The predicted molar refractivity (Wildman–Crippen MR) is 79.6 cm³/mol. The van der Waals surface area contributed by atoms with Gasteiger partial charge in [0.15, 0.2) is 0 Å². The van der Waals surface area contributed by atoms with Crippen LogP contribution in [0.3, 0.4) is 0 Å². The number of hydrogen-bond donors (Lipinski definition) is 1. The summed E-state index contributed by atoms with van der Waals surface area (Å²) < 4.78 is 0. The molecule has 0 aromatic carbocycles. The summed E-state index contributed by atoms with van der Waals surface area (Å²) in [5, 5.41) is 8.85. The van der Waals surface area contributed by atoms with E-state index < -0.39 is 5.97 Å². The molecule has 0 amide bonds. The van der Waals surface area contributed by atoms with Crippen LogP contribution < -0.4 is 0 Å². The minimum atomic E-state index is -0.631. The van der Waals surface area contributed by atoms with Crippen molar-refractivity contribution < 1.29 is 9.90 Å². The topological polar surface area (TPSA) is 40.5 Å². The third-order valence-electron chi connectivity index (χ3n) is 5.81. The molecule has 1 saturated heterocycles. The molecule has 0 radical (unpaired) electrons. The first kappa shape index (κ1) is 14.4. The normalized spacial score (nSPS) is 35.9. The van der Waals surface area contributed by atoms with Gasteiger partial charge in [-0.25, -0.2) is 0 Å². The first-order valence-electron chi connectivity index (χ1n) is 8.68. The van der Waals surface area contributed by atoms with Gasteiger partial charge in [0.2, 0.25) is 0 Å². The number of hydrogen-bond acceptors (Lipinski definition) is 2. The molecule has 1 N–H and O–H groups in total. The van der Waals surface area contributed by atoms with Crippen LogP contribution in [0.4, 0.5) is 0 Å². The van der Waals surface area contributed by atoms with Crippen LogP contribution in [-0.4, -0.2) is 35.1 Å². The van der Waals surface area contributed by atoms with E-state index in [4.69, 9.17) is 5.11 Å². The van der Waals surface area contributed by atoms with Crippen LogP contribution in [0.5, 0.6) is 0 Å². The van der Waals surface area contributed by atoms with Crippen LogP contribution in [0.1, 0.15) is 64.2 Å². The molecule has 20 heavy (non-hydrogen) atoms. The Morgan fingerprint density at radius 3 is 2.65 bits per heavy atom. The van der Waals surface area contributed by atoms with Crippen LogP contribution in [0.25, 0.3) is 0 Å². The third-order valence-corrected chi connectivity index (χ3v) is 5.81. The number of piperidine rings is 1. The summed E-state index contributed by atoms with van der Waals surface area (Å²) in [6.45, 7) is 2.42. The molecule has 2 aliphatic carbocycles. The van der Waals surface area contributed by atoms with Crippen LogP contribution in [0, 0.1) is 17.8 Å². The molecule has 0 aromatic heterocycles. The Morgan fingerprint density at radius 1 is 1.05 bits per heavy atom. The summed E-state index contributed by atoms with van der Waals surface area (Å²) in [6.07, 6.45) is 12.4. The van der Waals surface area contributed by atoms with Gasteiger partial charge in [-0.3, -0.25) is 4.79 Å². The van der Waals surface area contributed by atoms with E-state index in [-0.39, 0.29) is 0 Å². The maximum absolute atomic E-state index is 10.7. The fraction of sp³-hybridized carbons (Fsp3) is 0.941. The average molecular weight is 279 g/mol. The van der Waals surface area contributed by atoms with Gasteiger partial charge in [0.05, 0.1) is 0 Å². The van der Waals surface area contributed by atoms with Crippen molar-refractivity contribution in [3.8, 4) is 0 Å². The van der Waals surface area contributed by atoms with Crippen molar-refractivity contribution in [1.82, 2.24) is 4.90 Å². The number of rotatable bonds is 5. The molecule has 3 fully saturated rings. The molecular formula is C17H29NO2. The maximum Gasteiger partial charge on any atom is 0.303 e. The molecule has 3 unspecified atom stereocenters. The molecule has 3 aliphatic rings. The molecular weight excluding hydrogens is 250 g/mol. The Kier molecular flexibility index (Phi) is 4.65. The zero-order valence-electron chi connectivity index (χ0n) is 12.6. The first-order valence-corrected chi connectivity index (χ1v) is 8.68. The second-order valence-corrected chi connectivity index (χ2v) is 7.35. The van der Waals surface area contributed by atoms with E-state index in [1.807, 2.05) is 0 Å². The minimum Gasteiger partial charge on any atom is -0.481 e. The standard InChI is InChI=1S/C17H29NO2/c19-17(20)9-6-13-3-2-10-18(12-13)16-5-1-4-15(11-16)14-7-8-14/h13-16H,1-12H2,(H,19,20). The van der Waals surface area contributed by atoms with E-state index in [1.54, 1.807) is 0 Å². The van der Waals surface area contributed by atoms with Gasteiger partial charge in [0, 0.05) is 19.0 Å². The Hall–Kier alpha value is -0.570. The Balaban J connectivity index is 1.49. The number of nitrogens with zero attached hydrogens (tertiary/aromatic N) is 1. The fourth-order valence-corrected chi connectivity index (χ4v) is 4.52. The van der Waals surface area contributed by atoms with Crippen molar-refractivity contribution in [2.24, 2.45) is 17.8 Å². The van der Waals surface area contributed by atoms with Crippen LogP contribution in [0.2, 0.25) is 0 Å². The Morgan fingerprint density at radius 2 is 1.90 bits per heavy atom. The summed E-state index contributed by atoms with van der Waals surface area (Å²) in [5.74, 6) is 2.06.